The van der Waals surface area contributed by atoms with Crippen LogP contribution in [0.25, 0.3) is 0 Å². The molecule has 0 radical (unpaired) electrons. The Kier molecular flexibility index (Phi) is 2.12. The highest BCUT2D eigenvalue weighted by Gasteiger charge is 2.05. The molecule has 0 unspecified atom stereocenters. The van der Waals surface area contributed by atoms with Crippen molar-refractivity contribution in [1.29, 1.82) is 0 Å². The molecule has 11 heavy (non-hydrogen) atoms. The maximum atomic E-state index is 10.2. The van der Waals surface area contributed by atoms with Crippen molar-refractivity contribution in [1.82, 2.24) is 20.6 Å². The van der Waals surface area contributed by atoms with Gasteiger partial charge in [0.2, 0.25) is 5.82 Å². The molecule has 1 aromatic heterocycles. The van der Waals surface area contributed by atoms with Crippen LogP contribution >= 0.6 is 0 Å². The standard InChI is InChI=1S/C2H5N5O3S/c3-11(8,9)10-1-2-4-6-7-5-2/h1H2,(H2,3,8,9)(H,4,5,6,7). The first-order chi connectivity index (χ1) is 5.08. The molecule has 0 aliphatic carbocycles. The van der Waals surface area contributed by atoms with Crippen LogP contribution < -0.4 is 5.14 Å². The first kappa shape index (κ1) is 8.04. The summed E-state index contributed by atoms with van der Waals surface area (Å²) in [5, 5.41) is 16.7. The molecular formula is C2H5N5O3S. The molecular weight excluding hydrogens is 174 g/mol. The zero-order valence-corrected chi connectivity index (χ0v) is 6.08. The van der Waals surface area contributed by atoms with E-state index in [1.54, 1.807) is 0 Å². The topological polar surface area (TPSA) is 124 Å². The van der Waals surface area contributed by atoms with Crippen molar-refractivity contribution in [3.05, 3.63) is 5.82 Å². The van der Waals surface area contributed by atoms with Gasteiger partial charge in [-0.2, -0.15) is 13.6 Å². The summed E-state index contributed by atoms with van der Waals surface area (Å²) >= 11 is 0. The number of aromatic nitrogens is 4. The Morgan fingerprint density at radius 1 is 1.64 bits per heavy atom. The lowest BCUT2D eigenvalue weighted by atomic mass is 10.7. The molecule has 3 N–H and O–H groups in total. The Labute approximate surface area is 62.0 Å². The van der Waals surface area contributed by atoms with E-state index >= 15 is 0 Å². The summed E-state index contributed by atoms with van der Waals surface area (Å²) in [4.78, 5) is 0. The molecule has 0 saturated heterocycles. The van der Waals surface area contributed by atoms with Crippen LogP contribution in [-0.2, 0) is 21.1 Å². The van der Waals surface area contributed by atoms with Crippen molar-refractivity contribution >= 4 is 10.3 Å². The predicted molar refractivity (Wildman–Crippen MR) is 32.1 cm³/mol. The number of nitrogens with two attached hydrogens (primary N) is 1. The average molecular weight is 179 g/mol. The van der Waals surface area contributed by atoms with Crippen molar-refractivity contribution in [2.45, 2.75) is 6.61 Å². The van der Waals surface area contributed by atoms with E-state index in [4.69, 9.17) is 0 Å². The van der Waals surface area contributed by atoms with Gasteiger partial charge in [0.1, 0.15) is 6.61 Å². The van der Waals surface area contributed by atoms with E-state index in [-0.39, 0.29) is 12.4 Å². The van der Waals surface area contributed by atoms with Crippen molar-refractivity contribution in [2.75, 3.05) is 0 Å². The molecule has 0 amide bonds. The van der Waals surface area contributed by atoms with Gasteiger partial charge in [-0.25, -0.2) is 9.32 Å². The van der Waals surface area contributed by atoms with Crippen molar-refractivity contribution in [2.24, 2.45) is 5.14 Å². The quantitative estimate of drug-likeness (QED) is 0.548. The lowest BCUT2D eigenvalue weighted by Gasteiger charge is -1.93. The fraction of sp³-hybridized carbons (Fsp3) is 0.500. The molecule has 1 rings (SSSR count). The molecule has 0 aliphatic rings. The van der Waals surface area contributed by atoms with Crippen LogP contribution in [0.2, 0.25) is 0 Å². The van der Waals surface area contributed by atoms with Crippen molar-refractivity contribution in [3.8, 4) is 0 Å². The molecule has 1 heterocycles. The fourth-order valence-corrected chi connectivity index (χ4v) is 0.648. The van der Waals surface area contributed by atoms with Crippen LogP contribution in [0.3, 0.4) is 0 Å². The minimum atomic E-state index is -3.92. The van der Waals surface area contributed by atoms with Crippen LogP contribution in [-0.4, -0.2) is 29.0 Å². The molecule has 1 aromatic rings. The molecule has 0 bridgehead atoms. The highest BCUT2D eigenvalue weighted by molar-refractivity contribution is 7.84. The van der Waals surface area contributed by atoms with Gasteiger partial charge in [0.05, 0.1) is 0 Å². The largest absolute Gasteiger partial charge is 0.333 e. The third-order valence-electron chi connectivity index (χ3n) is 0.742. The average Bonchev–Trinajstić information content (AvgIpc) is 2.32. The Morgan fingerprint density at radius 2 is 2.36 bits per heavy atom. The van der Waals surface area contributed by atoms with E-state index in [1.807, 2.05) is 0 Å². The van der Waals surface area contributed by atoms with Crippen LogP contribution in [0.15, 0.2) is 0 Å². The van der Waals surface area contributed by atoms with Gasteiger partial charge in [-0.15, -0.1) is 10.2 Å². The second kappa shape index (κ2) is 2.90. The second-order valence-electron chi connectivity index (χ2n) is 1.58. The number of nitrogens with zero attached hydrogens (tertiary/aromatic N) is 3. The van der Waals surface area contributed by atoms with E-state index < -0.39 is 10.3 Å². The van der Waals surface area contributed by atoms with E-state index in [9.17, 15) is 8.42 Å². The summed E-state index contributed by atoms with van der Waals surface area (Å²) < 4.78 is 24.5. The minimum absolute atomic E-state index is 0.124. The summed E-state index contributed by atoms with van der Waals surface area (Å²) in [7, 11) is -3.92. The molecule has 0 aliphatic heterocycles. The molecule has 62 valence electrons. The first-order valence-electron chi connectivity index (χ1n) is 2.47. The Bertz CT molecular complexity index is 302. The zero-order chi connectivity index (χ0) is 8.32. The summed E-state index contributed by atoms with van der Waals surface area (Å²) in [6.45, 7) is -0.310. The minimum Gasteiger partial charge on any atom is -0.250 e. The monoisotopic (exact) mass is 179 g/mol. The normalized spacial score (nSPS) is 11.7. The van der Waals surface area contributed by atoms with Crippen LogP contribution in [0, 0.1) is 0 Å². The molecule has 0 fully saturated rings. The molecule has 9 heteroatoms. The molecule has 0 spiro atoms. The van der Waals surface area contributed by atoms with Crippen LogP contribution in [0.1, 0.15) is 5.82 Å². The Morgan fingerprint density at radius 3 is 2.82 bits per heavy atom. The van der Waals surface area contributed by atoms with E-state index in [0.29, 0.717) is 0 Å². The smallest absolute Gasteiger partial charge is 0.250 e. The first-order valence-corrected chi connectivity index (χ1v) is 3.94. The summed E-state index contributed by atoms with van der Waals surface area (Å²) in [6.07, 6.45) is 0. The van der Waals surface area contributed by atoms with Gasteiger partial charge < -0.3 is 0 Å². The van der Waals surface area contributed by atoms with Crippen molar-refractivity contribution in [3.63, 3.8) is 0 Å². The molecule has 8 nitrogen and oxygen atoms in total. The molecule has 0 aromatic carbocycles. The van der Waals surface area contributed by atoms with Gasteiger partial charge in [0, 0.05) is 0 Å². The zero-order valence-electron chi connectivity index (χ0n) is 5.26. The molecule has 0 saturated carbocycles. The number of hydrogen-bond acceptors (Lipinski definition) is 6. The third kappa shape index (κ3) is 3.02. The third-order valence-corrected chi connectivity index (χ3v) is 1.19. The van der Waals surface area contributed by atoms with E-state index in [1.165, 1.54) is 0 Å². The Hall–Kier alpha value is -1.06. The number of nitrogens with one attached hydrogen (secondary N) is 1. The van der Waals surface area contributed by atoms with Gasteiger partial charge in [-0.3, -0.25) is 0 Å². The second-order valence-corrected chi connectivity index (χ2v) is 2.80. The van der Waals surface area contributed by atoms with Crippen molar-refractivity contribution < 1.29 is 12.6 Å². The van der Waals surface area contributed by atoms with Gasteiger partial charge >= 0.3 is 10.3 Å². The van der Waals surface area contributed by atoms with E-state index in [0.717, 1.165) is 0 Å². The highest BCUT2D eigenvalue weighted by Crippen LogP contribution is 1.90. The maximum absolute atomic E-state index is 10.2. The predicted octanol–water partition coefficient (Wildman–Crippen LogP) is -2.08. The number of aromatic amines is 1. The number of H-pyrrole nitrogens is 1. The number of rotatable bonds is 3. The Balaban J connectivity index is 2.48. The SMILES string of the molecule is NS(=O)(=O)OCc1nn[nH]n1. The summed E-state index contributed by atoms with van der Waals surface area (Å²) in [5.74, 6) is 0.124. The van der Waals surface area contributed by atoms with Gasteiger partial charge in [-0.05, 0) is 0 Å². The van der Waals surface area contributed by atoms with E-state index in [2.05, 4.69) is 29.9 Å². The fourth-order valence-electron chi connectivity index (χ4n) is 0.378. The summed E-state index contributed by atoms with van der Waals surface area (Å²) in [5.41, 5.74) is 0. The molecule has 0 atom stereocenters. The van der Waals surface area contributed by atoms with Crippen LogP contribution in [0.5, 0.6) is 0 Å². The van der Waals surface area contributed by atoms with Gasteiger partial charge in [-0.1, -0.05) is 5.21 Å². The number of hydrogen-bond donors (Lipinski definition) is 2. The lowest BCUT2D eigenvalue weighted by molar-refractivity contribution is 0.299. The lowest BCUT2D eigenvalue weighted by Crippen LogP contribution is -2.15. The summed E-state index contributed by atoms with van der Waals surface area (Å²) in [6, 6.07) is 0. The highest BCUT2D eigenvalue weighted by atomic mass is 32.2. The maximum Gasteiger partial charge on any atom is 0.333 e. The van der Waals surface area contributed by atoms with Crippen LogP contribution in [0.4, 0.5) is 0 Å². The van der Waals surface area contributed by atoms with Gasteiger partial charge in [0.25, 0.3) is 0 Å². The number of tetrazole rings is 1. The van der Waals surface area contributed by atoms with Gasteiger partial charge in [0.15, 0.2) is 0 Å².